The number of rotatable bonds is 7. The van der Waals surface area contributed by atoms with Crippen molar-refractivity contribution in [2.24, 2.45) is 4.99 Å². The topological polar surface area (TPSA) is 117 Å². The maximum atomic E-state index is 14.0. The molecule has 0 bridgehead atoms. The third-order valence-electron chi connectivity index (χ3n) is 6.82. The average molecular weight is 612 g/mol. The number of hydrogen-bond donors (Lipinski definition) is 0. The Morgan fingerprint density at radius 2 is 1.81 bits per heavy atom. The molecule has 0 aliphatic carbocycles. The van der Waals surface area contributed by atoms with Gasteiger partial charge in [0.15, 0.2) is 4.80 Å². The molecule has 3 heterocycles. The minimum Gasteiger partial charge on any atom is -0.463 e. The van der Waals surface area contributed by atoms with Crippen LogP contribution in [-0.2, 0) is 9.53 Å². The Hall–Kier alpha value is -5.06. The third kappa shape index (κ3) is 5.33. The highest BCUT2D eigenvalue weighted by atomic mass is 35.5. The van der Waals surface area contributed by atoms with E-state index in [1.165, 1.54) is 22.8 Å². The van der Waals surface area contributed by atoms with E-state index >= 15 is 0 Å². The zero-order valence-corrected chi connectivity index (χ0v) is 24.2. The number of aromatic nitrogens is 1. The number of benzene rings is 3. The van der Waals surface area contributed by atoms with E-state index in [-0.39, 0.29) is 28.4 Å². The predicted molar refractivity (Wildman–Crippen MR) is 163 cm³/mol. The van der Waals surface area contributed by atoms with Crippen molar-refractivity contribution < 1.29 is 18.9 Å². The summed E-state index contributed by atoms with van der Waals surface area (Å²) in [5, 5.41) is 11.6. The second kappa shape index (κ2) is 11.7. The van der Waals surface area contributed by atoms with Crippen LogP contribution in [-0.4, -0.2) is 22.1 Å². The van der Waals surface area contributed by atoms with Crippen molar-refractivity contribution in [3.05, 3.63) is 148 Å². The Bertz CT molecular complexity index is 2080. The molecule has 5 aromatic rings. The van der Waals surface area contributed by atoms with Gasteiger partial charge in [-0.05, 0) is 30.7 Å². The van der Waals surface area contributed by atoms with Crippen LogP contribution in [0.25, 0.3) is 23.1 Å². The van der Waals surface area contributed by atoms with E-state index in [2.05, 4.69) is 0 Å². The summed E-state index contributed by atoms with van der Waals surface area (Å²) in [5.41, 5.74) is 2.00. The van der Waals surface area contributed by atoms with E-state index in [1.807, 2.05) is 60.7 Å². The van der Waals surface area contributed by atoms with Crippen molar-refractivity contribution in [2.45, 2.75) is 13.0 Å². The second-order valence-corrected chi connectivity index (χ2v) is 10.9. The third-order valence-corrected chi connectivity index (χ3v) is 8.13. The van der Waals surface area contributed by atoms with Crippen LogP contribution in [0.1, 0.15) is 29.9 Å². The number of esters is 1. The van der Waals surface area contributed by atoms with Crippen LogP contribution >= 0.6 is 22.9 Å². The molecule has 9 nitrogen and oxygen atoms in total. The van der Waals surface area contributed by atoms with Crippen molar-refractivity contribution in [1.82, 2.24) is 4.57 Å². The number of hydrogen-bond acceptors (Lipinski definition) is 8. The Morgan fingerprint density at radius 3 is 2.51 bits per heavy atom. The molecule has 0 fully saturated rings. The van der Waals surface area contributed by atoms with Gasteiger partial charge in [0.1, 0.15) is 11.5 Å². The highest BCUT2D eigenvalue weighted by molar-refractivity contribution is 7.07. The van der Waals surface area contributed by atoms with Gasteiger partial charge in [-0.15, -0.1) is 0 Å². The molecule has 0 N–H and O–H groups in total. The van der Waals surface area contributed by atoms with E-state index in [0.717, 1.165) is 16.9 Å². The number of carbonyl (C=O) groups excluding carboxylic acids is 1. The molecule has 0 spiro atoms. The van der Waals surface area contributed by atoms with Gasteiger partial charge < -0.3 is 9.15 Å². The fraction of sp³-hybridized carbons (Fsp3) is 0.0938. The fourth-order valence-electron chi connectivity index (χ4n) is 4.91. The van der Waals surface area contributed by atoms with Crippen LogP contribution in [0.3, 0.4) is 0 Å². The summed E-state index contributed by atoms with van der Waals surface area (Å²) < 4.78 is 13.3. The van der Waals surface area contributed by atoms with Crippen LogP contribution < -0.4 is 14.9 Å². The number of non-ortho nitro benzene ring substituents is 1. The molecule has 0 saturated heterocycles. The minimum atomic E-state index is -0.787. The molecule has 6 rings (SSSR count). The number of nitro groups is 1. The second-order valence-electron chi connectivity index (χ2n) is 9.47. The van der Waals surface area contributed by atoms with Crippen molar-refractivity contribution in [3.8, 4) is 11.3 Å². The molecule has 2 aromatic heterocycles. The quantitative estimate of drug-likeness (QED) is 0.131. The van der Waals surface area contributed by atoms with Gasteiger partial charge in [0.25, 0.3) is 11.2 Å². The number of nitro benzene ring substituents is 1. The van der Waals surface area contributed by atoms with Crippen LogP contribution in [0, 0.1) is 10.1 Å². The lowest BCUT2D eigenvalue weighted by molar-refractivity contribution is -0.384. The first-order chi connectivity index (χ1) is 20.9. The minimum absolute atomic E-state index is 0.127. The molecule has 0 radical (unpaired) electrons. The molecule has 43 heavy (non-hydrogen) atoms. The lowest BCUT2D eigenvalue weighted by Gasteiger charge is -2.25. The lowest BCUT2D eigenvalue weighted by atomic mass is 9.93. The number of thiazole rings is 1. The fourth-order valence-corrected chi connectivity index (χ4v) is 6.10. The average Bonchev–Trinajstić information content (AvgIpc) is 3.61. The van der Waals surface area contributed by atoms with Gasteiger partial charge in [-0.3, -0.25) is 19.5 Å². The summed E-state index contributed by atoms with van der Waals surface area (Å²) >= 11 is 7.46. The first-order valence-corrected chi connectivity index (χ1v) is 14.4. The van der Waals surface area contributed by atoms with E-state index in [1.54, 1.807) is 25.1 Å². The molecule has 1 atom stereocenters. The highest BCUT2D eigenvalue weighted by Gasteiger charge is 2.35. The number of nitrogens with zero attached hydrogens (tertiary/aromatic N) is 3. The van der Waals surface area contributed by atoms with E-state index in [0.29, 0.717) is 37.7 Å². The van der Waals surface area contributed by atoms with Crippen molar-refractivity contribution in [3.63, 3.8) is 0 Å². The number of ether oxygens (including phenoxy) is 1. The standard InChI is InChI=1S/C32H22ClN3O6S/c1-2-41-31(38)27-28(19-9-5-3-6-10-19)34-32-35(29(27)20-11-7-4-8-12-20)30(37)26(43-32)18-22-14-16-25(42-22)23-17-21(36(39)40)13-15-24(23)33/h3-18,29H,2H2,1H3/b26-18-. The van der Waals surface area contributed by atoms with E-state index in [4.69, 9.17) is 25.7 Å². The summed E-state index contributed by atoms with van der Waals surface area (Å²) in [4.78, 5) is 43.5. The first-order valence-electron chi connectivity index (χ1n) is 13.2. The lowest BCUT2D eigenvalue weighted by Crippen LogP contribution is -2.39. The smallest absolute Gasteiger partial charge is 0.338 e. The van der Waals surface area contributed by atoms with Crippen molar-refractivity contribution in [2.75, 3.05) is 6.61 Å². The molecule has 0 amide bonds. The normalized spacial score (nSPS) is 14.7. The van der Waals surface area contributed by atoms with Crippen LogP contribution in [0.5, 0.6) is 0 Å². The molecule has 1 unspecified atom stereocenters. The summed E-state index contributed by atoms with van der Waals surface area (Å²) in [5.74, 6) is 0.0931. The molecular weight excluding hydrogens is 590 g/mol. The Kier molecular flexibility index (Phi) is 7.62. The van der Waals surface area contributed by atoms with Crippen LogP contribution in [0.4, 0.5) is 5.69 Å². The summed E-state index contributed by atoms with van der Waals surface area (Å²) in [6.07, 6.45) is 1.58. The summed E-state index contributed by atoms with van der Waals surface area (Å²) in [6, 6.07) is 25.2. The SMILES string of the molecule is CCOC(=O)C1=C(c2ccccc2)N=c2s/c(=C\c3ccc(-c4cc([N+](=O)[O-])ccc4Cl)o3)c(=O)n2C1c1ccccc1. The van der Waals surface area contributed by atoms with Crippen LogP contribution in [0.15, 0.2) is 111 Å². The van der Waals surface area contributed by atoms with E-state index in [9.17, 15) is 19.7 Å². The van der Waals surface area contributed by atoms with Gasteiger partial charge in [-0.25, -0.2) is 9.79 Å². The van der Waals surface area contributed by atoms with Crippen molar-refractivity contribution in [1.29, 1.82) is 0 Å². The first kappa shape index (κ1) is 28.1. The Balaban J connectivity index is 1.53. The summed E-state index contributed by atoms with van der Waals surface area (Å²) in [6.45, 7) is 1.89. The largest absolute Gasteiger partial charge is 0.463 e. The van der Waals surface area contributed by atoms with Gasteiger partial charge >= 0.3 is 5.97 Å². The molecule has 1 aliphatic heterocycles. The molecular formula is C32H22ClN3O6S. The molecule has 1 aliphatic rings. The maximum Gasteiger partial charge on any atom is 0.338 e. The van der Waals surface area contributed by atoms with Gasteiger partial charge in [0.2, 0.25) is 0 Å². The number of furan rings is 1. The Labute approximate surface area is 253 Å². The highest BCUT2D eigenvalue weighted by Crippen LogP contribution is 2.35. The molecule has 214 valence electrons. The van der Waals surface area contributed by atoms with Gasteiger partial charge in [-0.1, -0.05) is 83.6 Å². The molecule has 0 saturated carbocycles. The van der Waals surface area contributed by atoms with Gasteiger partial charge in [-0.2, -0.15) is 0 Å². The zero-order valence-electron chi connectivity index (χ0n) is 22.6. The zero-order chi connectivity index (χ0) is 30.1. The number of fused-ring (bicyclic) bond motifs is 1. The number of carbonyl (C=O) groups is 1. The summed E-state index contributed by atoms with van der Waals surface area (Å²) in [7, 11) is 0. The van der Waals surface area contributed by atoms with Crippen molar-refractivity contribution >= 4 is 46.4 Å². The molecule has 3 aromatic carbocycles. The number of halogens is 1. The maximum absolute atomic E-state index is 14.0. The Morgan fingerprint density at radius 1 is 1.09 bits per heavy atom. The van der Waals surface area contributed by atoms with Gasteiger partial charge in [0.05, 0.1) is 38.4 Å². The van der Waals surface area contributed by atoms with Gasteiger partial charge in [0, 0.05) is 29.3 Å². The molecule has 11 heteroatoms. The van der Waals surface area contributed by atoms with E-state index < -0.39 is 16.9 Å². The monoisotopic (exact) mass is 611 g/mol. The predicted octanol–water partition coefficient (Wildman–Crippen LogP) is 5.76. The van der Waals surface area contributed by atoms with Crippen LogP contribution in [0.2, 0.25) is 5.02 Å².